The number of nitrogens with zero attached hydrogens (tertiary/aromatic N) is 1. The number of fused-ring (bicyclic) bond motifs is 1. The Balaban J connectivity index is 1.86. The Morgan fingerprint density at radius 2 is 1.92 bits per heavy atom. The summed E-state index contributed by atoms with van der Waals surface area (Å²) in [6.07, 6.45) is 0.659. The first-order chi connectivity index (χ1) is 12.1. The van der Waals surface area contributed by atoms with Gasteiger partial charge in [0.25, 0.3) is 11.5 Å². The molecule has 0 unspecified atom stereocenters. The van der Waals surface area contributed by atoms with E-state index in [9.17, 15) is 14.0 Å². The Bertz CT molecular complexity index is 968. The van der Waals surface area contributed by atoms with Gasteiger partial charge in [-0.1, -0.05) is 30.3 Å². The minimum Gasteiger partial charge on any atom is -0.413 e. The lowest BCUT2D eigenvalue weighted by Gasteiger charge is -2.12. The molecule has 0 saturated carbocycles. The molecule has 0 fully saturated rings. The van der Waals surface area contributed by atoms with E-state index in [0.29, 0.717) is 18.4 Å². The maximum Gasteiger partial charge on any atom is 0.291 e. The Morgan fingerprint density at radius 1 is 1.16 bits per heavy atom. The van der Waals surface area contributed by atoms with Gasteiger partial charge in [-0.3, -0.25) is 9.59 Å². The average Bonchev–Trinajstić information content (AvgIpc) is 2.62. The van der Waals surface area contributed by atoms with Crippen LogP contribution in [0.1, 0.15) is 16.1 Å². The zero-order valence-corrected chi connectivity index (χ0v) is 13.7. The van der Waals surface area contributed by atoms with Crippen molar-refractivity contribution in [3.63, 3.8) is 0 Å². The quantitative estimate of drug-likeness (QED) is 0.774. The summed E-state index contributed by atoms with van der Waals surface area (Å²) in [5.41, 5.74) is 0.611. The molecule has 0 atom stereocenters. The summed E-state index contributed by atoms with van der Waals surface area (Å²) in [7, 11) is 1.30. The van der Waals surface area contributed by atoms with Gasteiger partial charge in [0.1, 0.15) is 18.6 Å². The highest BCUT2D eigenvalue weighted by Gasteiger charge is 2.16. The number of hydrogen-bond acceptors (Lipinski definition) is 3. The van der Waals surface area contributed by atoms with Crippen molar-refractivity contribution in [3.8, 4) is 0 Å². The van der Waals surface area contributed by atoms with Crippen LogP contribution < -0.4 is 15.7 Å². The molecule has 0 aliphatic heterocycles. The van der Waals surface area contributed by atoms with Crippen LogP contribution in [0.5, 0.6) is 0 Å². The van der Waals surface area contributed by atoms with Crippen LogP contribution in [0.15, 0.2) is 59.4 Å². The van der Waals surface area contributed by atoms with Crippen molar-refractivity contribution in [2.45, 2.75) is 6.42 Å². The topological polar surface area (TPSA) is 60.3 Å². The number of carbonyl (C=O) groups is 1. The van der Waals surface area contributed by atoms with Crippen LogP contribution >= 0.6 is 0 Å². The molecule has 0 radical (unpaired) electrons. The fraction of sp³-hybridized carbons (Fsp3) is 0.158. The Kier molecular flexibility index (Phi) is 4.79. The van der Waals surface area contributed by atoms with Crippen LogP contribution in [0.25, 0.3) is 10.8 Å². The number of halogens is 1. The van der Waals surface area contributed by atoms with E-state index >= 15 is 0 Å². The molecule has 0 saturated heterocycles. The second kappa shape index (κ2) is 7.17. The third-order valence-electron chi connectivity index (χ3n) is 3.90. The molecular weight excluding hydrogens is 323 g/mol. The van der Waals surface area contributed by atoms with Crippen molar-refractivity contribution in [3.05, 3.63) is 82.0 Å². The number of carbonyl (C=O) groups excluding carboxylic acids is 1. The minimum absolute atomic E-state index is 0.0265. The van der Waals surface area contributed by atoms with Gasteiger partial charge in [-0.25, -0.2) is 4.39 Å². The van der Waals surface area contributed by atoms with Gasteiger partial charge in [-0.2, -0.15) is 0 Å². The fourth-order valence-corrected chi connectivity index (χ4v) is 2.67. The van der Waals surface area contributed by atoms with Crippen LogP contribution in [0.3, 0.4) is 0 Å². The largest absolute Gasteiger partial charge is 0.413 e. The maximum atomic E-state index is 13.4. The summed E-state index contributed by atoms with van der Waals surface area (Å²) in [5.74, 6) is -0.932. The lowest BCUT2D eigenvalue weighted by molar-refractivity contribution is 0.0885. The van der Waals surface area contributed by atoms with Crippen molar-refractivity contribution in [1.29, 1.82) is 0 Å². The van der Waals surface area contributed by atoms with E-state index in [2.05, 4.69) is 5.32 Å². The highest BCUT2D eigenvalue weighted by molar-refractivity contribution is 5.96. The van der Waals surface area contributed by atoms with Crippen molar-refractivity contribution < 1.29 is 14.0 Å². The molecule has 6 heteroatoms. The van der Waals surface area contributed by atoms with Crippen molar-refractivity contribution >= 4 is 16.7 Å². The molecule has 1 heterocycles. The van der Waals surface area contributed by atoms with Gasteiger partial charge in [0.05, 0.1) is 5.39 Å². The average molecular weight is 340 g/mol. The highest BCUT2D eigenvalue weighted by atomic mass is 19.1. The molecule has 5 nitrogen and oxygen atoms in total. The number of amides is 1. The van der Waals surface area contributed by atoms with E-state index in [4.69, 9.17) is 4.84 Å². The molecular formula is C19H17FN2O3. The summed E-state index contributed by atoms with van der Waals surface area (Å²) in [5, 5.41) is 3.39. The van der Waals surface area contributed by atoms with E-state index in [1.807, 2.05) is 30.3 Å². The normalized spacial score (nSPS) is 10.6. The standard InChI is InChI=1S/C19H17FN2O3/c1-25-22-17(12-14-11-15(20)7-8-16(14)19(22)24)18(23)21-10-9-13-5-3-2-4-6-13/h2-8,11-12H,9-10H2,1H3,(H,21,23). The van der Waals surface area contributed by atoms with Crippen LogP contribution in [-0.4, -0.2) is 24.3 Å². The molecule has 0 bridgehead atoms. The molecule has 0 aliphatic rings. The molecule has 3 aromatic rings. The Morgan fingerprint density at radius 3 is 2.64 bits per heavy atom. The zero-order valence-electron chi connectivity index (χ0n) is 13.7. The zero-order chi connectivity index (χ0) is 17.8. The van der Waals surface area contributed by atoms with Gasteiger partial charge in [0.2, 0.25) is 0 Å². The Hall–Kier alpha value is -3.15. The summed E-state index contributed by atoms with van der Waals surface area (Å²) in [6.45, 7) is 0.405. The van der Waals surface area contributed by atoms with Gasteiger partial charge < -0.3 is 10.2 Å². The number of hydrogen-bond donors (Lipinski definition) is 1. The summed E-state index contributed by atoms with van der Waals surface area (Å²) >= 11 is 0. The third-order valence-corrected chi connectivity index (χ3v) is 3.90. The van der Waals surface area contributed by atoms with Crippen molar-refractivity contribution in [1.82, 2.24) is 10.0 Å². The predicted molar refractivity (Wildman–Crippen MR) is 93.1 cm³/mol. The van der Waals surface area contributed by atoms with Crippen LogP contribution in [0.2, 0.25) is 0 Å². The van der Waals surface area contributed by atoms with Crippen LogP contribution in [-0.2, 0) is 6.42 Å². The lowest BCUT2D eigenvalue weighted by Crippen LogP contribution is -2.35. The van der Waals surface area contributed by atoms with E-state index in [0.717, 1.165) is 10.3 Å². The SMILES string of the molecule is COn1c(C(=O)NCCc2ccccc2)cc2cc(F)ccc2c1=O. The monoisotopic (exact) mass is 340 g/mol. The van der Waals surface area contributed by atoms with Gasteiger partial charge in [-0.05, 0) is 41.6 Å². The Labute approximate surface area is 143 Å². The molecule has 1 N–H and O–H groups in total. The van der Waals surface area contributed by atoms with Crippen molar-refractivity contribution in [2.24, 2.45) is 0 Å². The second-order valence-corrected chi connectivity index (χ2v) is 5.53. The number of aromatic nitrogens is 1. The lowest BCUT2D eigenvalue weighted by atomic mass is 10.1. The van der Waals surface area contributed by atoms with Crippen LogP contribution in [0, 0.1) is 5.82 Å². The fourth-order valence-electron chi connectivity index (χ4n) is 2.67. The number of nitrogens with one attached hydrogen (secondary N) is 1. The van der Waals surface area contributed by atoms with E-state index in [-0.39, 0.29) is 11.1 Å². The number of rotatable bonds is 5. The molecule has 0 spiro atoms. The summed E-state index contributed by atoms with van der Waals surface area (Å²) in [6, 6.07) is 15.0. The number of benzene rings is 2. The van der Waals surface area contributed by atoms with Gasteiger partial charge in [0, 0.05) is 6.54 Å². The predicted octanol–water partition coefficient (Wildman–Crippen LogP) is 2.17. The molecule has 2 aromatic carbocycles. The van der Waals surface area contributed by atoms with Gasteiger partial charge in [-0.15, -0.1) is 4.73 Å². The summed E-state index contributed by atoms with van der Waals surface area (Å²) in [4.78, 5) is 29.9. The van der Waals surface area contributed by atoms with Gasteiger partial charge in [0.15, 0.2) is 0 Å². The van der Waals surface area contributed by atoms with Crippen molar-refractivity contribution in [2.75, 3.05) is 13.7 Å². The molecule has 1 aromatic heterocycles. The number of pyridine rings is 1. The molecule has 0 aliphatic carbocycles. The summed E-state index contributed by atoms with van der Waals surface area (Å²) < 4.78 is 14.3. The van der Waals surface area contributed by atoms with Gasteiger partial charge >= 0.3 is 0 Å². The molecule has 128 valence electrons. The van der Waals surface area contributed by atoms with E-state index in [1.165, 1.54) is 31.4 Å². The first kappa shape index (κ1) is 16.7. The first-order valence-corrected chi connectivity index (χ1v) is 7.82. The third kappa shape index (κ3) is 3.52. The minimum atomic E-state index is -0.506. The maximum absolute atomic E-state index is 13.4. The molecule has 25 heavy (non-hydrogen) atoms. The van der Waals surface area contributed by atoms with Crippen LogP contribution in [0.4, 0.5) is 4.39 Å². The first-order valence-electron chi connectivity index (χ1n) is 7.82. The molecule has 1 amide bonds. The smallest absolute Gasteiger partial charge is 0.291 e. The molecule has 3 rings (SSSR count). The van der Waals surface area contributed by atoms with E-state index < -0.39 is 17.3 Å². The second-order valence-electron chi connectivity index (χ2n) is 5.53. The highest BCUT2D eigenvalue weighted by Crippen LogP contribution is 2.14. The van der Waals surface area contributed by atoms with E-state index in [1.54, 1.807) is 0 Å².